The van der Waals surface area contributed by atoms with Gasteiger partial charge >= 0.3 is 0 Å². The maximum Gasteiger partial charge on any atom is 0.0738 e. The zero-order valence-corrected chi connectivity index (χ0v) is 14.8. The van der Waals surface area contributed by atoms with Crippen LogP contribution in [0.15, 0.2) is 4.47 Å². The van der Waals surface area contributed by atoms with Gasteiger partial charge in [0.15, 0.2) is 0 Å². The zero-order valence-electron chi connectivity index (χ0n) is 13.2. The summed E-state index contributed by atoms with van der Waals surface area (Å²) >= 11 is 3.69. The van der Waals surface area contributed by atoms with Crippen LogP contribution in [-0.2, 0) is 13.5 Å². The fraction of sp³-hybridized carbons (Fsp3) is 0.812. The second-order valence-electron chi connectivity index (χ2n) is 6.26. The highest BCUT2D eigenvalue weighted by Crippen LogP contribution is 2.34. The van der Waals surface area contributed by atoms with E-state index in [1.807, 2.05) is 11.7 Å². The molecule has 0 spiro atoms. The third-order valence-electron chi connectivity index (χ3n) is 5.08. The Morgan fingerprint density at radius 1 is 1.35 bits per heavy atom. The molecule has 0 amide bonds. The van der Waals surface area contributed by atoms with Gasteiger partial charge in [-0.25, -0.2) is 0 Å². The van der Waals surface area contributed by atoms with Crippen molar-refractivity contribution in [1.82, 2.24) is 15.1 Å². The Bertz CT molecular complexity index is 433. The van der Waals surface area contributed by atoms with Crippen molar-refractivity contribution in [3.8, 4) is 0 Å². The number of aromatic nitrogens is 2. The van der Waals surface area contributed by atoms with Crippen LogP contribution in [0.3, 0.4) is 0 Å². The largest absolute Gasteiger partial charge is 0.316 e. The molecule has 0 bridgehead atoms. The topological polar surface area (TPSA) is 29.9 Å². The minimum atomic E-state index is 0.568. The summed E-state index contributed by atoms with van der Waals surface area (Å²) in [6.07, 6.45) is 7.98. The van der Waals surface area contributed by atoms with E-state index in [9.17, 15) is 0 Å². The quantitative estimate of drug-likeness (QED) is 0.881. The van der Waals surface area contributed by atoms with Gasteiger partial charge < -0.3 is 5.32 Å². The average Bonchev–Trinajstić information content (AvgIpc) is 2.70. The average molecular weight is 342 g/mol. The molecule has 1 aromatic rings. The van der Waals surface area contributed by atoms with Gasteiger partial charge in [0.05, 0.1) is 15.9 Å². The molecule has 1 aromatic heterocycles. The molecule has 1 unspecified atom stereocenters. The van der Waals surface area contributed by atoms with Crippen molar-refractivity contribution in [2.75, 3.05) is 7.05 Å². The molecule has 1 aliphatic rings. The number of hydrogen-bond donors (Lipinski definition) is 1. The van der Waals surface area contributed by atoms with Crippen molar-refractivity contribution in [1.29, 1.82) is 0 Å². The third-order valence-corrected chi connectivity index (χ3v) is 6.11. The number of nitrogens with zero attached hydrogens (tertiary/aromatic N) is 2. The fourth-order valence-electron chi connectivity index (χ4n) is 3.61. The molecule has 4 heteroatoms. The summed E-state index contributed by atoms with van der Waals surface area (Å²) < 4.78 is 3.21. The number of rotatable bonds is 5. The maximum atomic E-state index is 4.51. The highest BCUT2D eigenvalue weighted by Gasteiger charge is 2.27. The molecule has 114 valence electrons. The van der Waals surface area contributed by atoms with Gasteiger partial charge in [-0.15, -0.1) is 0 Å². The zero-order chi connectivity index (χ0) is 14.7. The van der Waals surface area contributed by atoms with Gasteiger partial charge in [-0.05, 0) is 54.6 Å². The Kier molecular flexibility index (Phi) is 5.67. The second-order valence-corrected chi connectivity index (χ2v) is 7.05. The highest BCUT2D eigenvalue weighted by atomic mass is 79.9. The molecule has 0 aliphatic heterocycles. The summed E-state index contributed by atoms with van der Waals surface area (Å²) in [5, 5.41) is 8.07. The van der Waals surface area contributed by atoms with Crippen LogP contribution in [0.5, 0.6) is 0 Å². The lowest BCUT2D eigenvalue weighted by Crippen LogP contribution is -2.38. The molecule has 20 heavy (non-hydrogen) atoms. The number of halogens is 1. The molecule has 0 saturated heterocycles. The summed E-state index contributed by atoms with van der Waals surface area (Å²) in [5.41, 5.74) is 2.41. The van der Waals surface area contributed by atoms with Crippen LogP contribution in [-0.4, -0.2) is 22.9 Å². The molecule has 1 N–H and O–H groups in total. The van der Waals surface area contributed by atoms with E-state index in [1.54, 1.807) is 0 Å². The predicted molar refractivity (Wildman–Crippen MR) is 87.9 cm³/mol. The van der Waals surface area contributed by atoms with E-state index in [0.717, 1.165) is 24.0 Å². The molecule has 1 fully saturated rings. The van der Waals surface area contributed by atoms with Crippen LogP contribution < -0.4 is 5.32 Å². The summed E-state index contributed by atoms with van der Waals surface area (Å²) in [5.74, 6) is 1.78. The summed E-state index contributed by atoms with van der Waals surface area (Å²) in [6.45, 7) is 4.39. The van der Waals surface area contributed by atoms with Crippen molar-refractivity contribution in [2.45, 2.75) is 58.4 Å². The van der Waals surface area contributed by atoms with E-state index in [4.69, 9.17) is 0 Å². The Morgan fingerprint density at radius 2 is 2.00 bits per heavy atom. The lowest BCUT2D eigenvalue weighted by atomic mass is 9.76. The smallest absolute Gasteiger partial charge is 0.0738 e. The third kappa shape index (κ3) is 3.45. The molecular weight excluding hydrogens is 314 g/mol. The Hall–Kier alpha value is -0.350. The Morgan fingerprint density at radius 3 is 2.45 bits per heavy atom. The van der Waals surface area contributed by atoms with Crippen LogP contribution in [0.2, 0.25) is 0 Å². The van der Waals surface area contributed by atoms with Crippen LogP contribution >= 0.6 is 15.9 Å². The van der Waals surface area contributed by atoms with Crippen molar-refractivity contribution < 1.29 is 0 Å². The first-order valence-electron chi connectivity index (χ1n) is 7.92. The van der Waals surface area contributed by atoms with Gasteiger partial charge in [0.2, 0.25) is 0 Å². The molecule has 0 radical (unpaired) electrons. The molecule has 1 heterocycles. The van der Waals surface area contributed by atoms with Crippen LogP contribution in [0.1, 0.15) is 50.4 Å². The number of nitrogens with one attached hydrogen (secondary N) is 1. The van der Waals surface area contributed by atoms with Gasteiger partial charge in [-0.3, -0.25) is 4.68 Å². The van der Waals surface area contributed by atoms with Crippen LogP contribution in [0.4, 0.5) is 0 Å². The first kappa shape index (κ1) is 16.0. The first-order valence-corrected chi connectivity index (χ1v) is 8.71. The van der Waals surface area contributed by atoms with Gasteiger partial charge in [0.1, 0.15) is 0 Å². The van der Waals surface area contributed by atoms with Gasteiger partial charge in [0.25, 0.3) is 0 Å². The number of aryl methyl sites for hydroxylation is 2. The molecule has 1 saturated carbocycles. The molecular formula is C16H28BrN3. The van der Waals surface area contributed by atoms with Crippen molar-refractivity contribution in [3.63, 3.8) is 0 Å². The number of likely N-dealkylation sites (N-methyl/N-ethyl adjacent to an activating group) is 1. The van der Waals surface area contributed by atoms with Crippen molar-refractivity contribution in [3.05, 3.63) is 15.9 Å². The van der Waals surface area contributed by atoms with E-state index in [0.29, 0.717) is 6.04 Å². The van der Waals surface area contributed by atoms with E-state index >= 15 is 0 Å². The highest BCUT2D eigenvalue weighted by molar-refractivity contribution is 9.10. The predicted octanol–water partition coefficient (Wildman–Crippen LogP) is 3.84. The lowest BCUT2D eigenvalue weighted by molar-refractivity contribution is 0.220. The Balaban J connectivity index is 2.02. The van der Waals surface area contributed by atoms with Gasteiger partial charge in [-0.1, -0.05) is 26.2 Å². The van der Waals surface area contributed by atoms with E-state index < -0.39 is 0 Å². The molecule has 1 atom stereocenters. The lowest BCUT2D eigenvalue weighted by Gasteiger charge is -2.33. The standard InChI is InChI=1S/C16H28BrN3/c1-5-12-6-8-13(9-7-12)14(18-3)10-15-16(17)11(2)19-20(15)4/h12-14,18H,5-10H2,1-4H3. The van der Waals surface area contributed by atoms with E-state index in [-0.39, 0.29) is 0 Å². The molecule has 2 rings (SSSR count). The van der Waals surface area contributed by atoms with Crippen molar-refractivity contribution >= 4 is 15.9 Å². The van der Waals surface area contributed by atoms with Gasteiger partial charge in [-0.2, -0.15) is 5.10 Å². The second kappa shape index (κ2) is 7.08. The summed E-state index contributed by atoms with van der Waals surface area (Å²) in [4.78, 5) is 0. The SMILES string of the molecule is CCC1CCC(C(Cc2c(Br)c(C)nn2C)NC)CC1. The van der Waals surface area contributed by atoms with Crippen molar-refractivity contribution in [2.24, 2.45) is 18.9 Å². The van der Waals surface area contributed by atoms with Gasteiger partial charge in [0, 0.05) is 19.5 Å². The Labute approximate surface area is 131 Å². The summed E-state index contributed by atoms with van der Waals surface area (Å²) in [6, 6.07) is 0.568. The molecule has 3 nitrogen and oxygen atoms in total. The molecule has 0 aromatic carbocycles. The minimum Gasteiger partial charge on any atom is -0.316 e. The van der Waals surface area contributed by atoms with Crippen LogP contribution in [0.25, 0.3) is 0 Å². The first-order chi connectivity index (χ1) is 9.56. The van der Waals surface area contributed by atoms with E-state index in [2.05, 4.69) is 47.2 Å². The number of hydrogen-bond acceptors (Lipinski definition) is 2. The monoisotopic (exact) mass is 341 g/mol. The van der Waals surface area contributed by atoms with Crippen LogP contribution in [0, 0.1) is 18.8 Å². The fourth-order valence-corrected chi connectivity index (χ4v) is 4.11. The normalized spacial score (nSPS) is 24.9. The maximum absolute atomic E-state index is 4.51. The van der Waals surface area contributed by atoms with E-state index in [1.165, 1.54) is 42.3 Å². The minimum absolute atomic E-state index is 0.568. The summed E-state index contributed by atoms with van der Waals surface area (Å²) in [7, 11) is 4.15. The molecule has 1 aliphatic carbocycles.